The molecule has 0 spiro atoms. The Morgan fingerprint density at radius 3 is 2.40 bits per heavy atom. The number of aromatic nitrogens is 4. The molecule has 0 bridgehead atoms. The van der Waals surface area contributed by atoms with Crippen molar-refractivity contribution >= 4 is 11.5 Å². The van der Waals surface area contributed by atoms with Crippen molar-refractivity contribution in [1.29, 1.82) is 0 Å². The van der Waals surface area contributed by atoms with Crippen LogP contribution in [0.2, 0.25) is 0 Å². The first kappa shape index (κ1) is 17.1. The van der Waals surface area contributed by atoms with E-state index >= 15 is 0 Å². The standard InChI is InChI=1S/C15H12F5N5/c1-8(9-3-4-10(16)11(17)7-9)24(2)13-6-5-12-21-22-14(15(18,19)20)25(12)23-13/h3-8H,1-2H3. The van der Waals surface area contributed by atoms with Gasteiger partial charge in [0, 0.05) is 7.05 Å². The second kappa shape index (κ2) is 5.94. The van der Waals surface area contributed by atoms with Crippen molar-refractivity contribution in [2.24, 2.45) is 0 Å². The van der Waals surface area contributed by atoms with Crippen LogP contribution >= 0.6 is 0 Å². The minimum atomic E-state index is -4.70. The fourth-order valence-electron chi connectivity index (χ4n) is 2.34. The molecule has 0 saturated heterocycles. The molecule has 2 heterocycles. The van der Waals surface area contributed by atoms with Crippen molar-refractivity contribution < 1.29 is 22.0 Å². The van der Waals surface area contributed by atoms with Crippen LogP contribution in [0.3, 0.4) is 0 Å². The summed E-state index contributed by atoms with van der Waals surface area (Å²) in [5.74, 6) is -3.02. The number of alkyl halides is 3. The predicted molar refractivity (Wildman–Crippen MR) is 79.0 cm³/mol. The largest absolute Gasteiger partial charge is 0.453 e. The van der Waals surface area contributed by atoms with E-state index in [0.29, 0.717) is 10.1 Å². The van der Waals surface area contributed by atoms with Crippen molar-refractivity contribution in [3.05, 3.63) is 53.4 Å². The molecule has 1 aromatic carbocycles. The Morgan fingerprint density at radius 1 is 1.04 bits per heavy atom. The molecular weight excluding hydrogens is 345 g/mol. The molecule has 0 fully saturated rings. The molecule has 10 heteroatoms. The Hall–Kier alpha value is -2.78. The Labute approximate surface area is 138 Å². The van der Waals surface area contributed by atoms with E-state index in [1.807, 2.05) is 0 Å². The van der Waals surface area contributed by atoms with Gasteiger partial charge in [0.2, 0.25) is 0 Å². The van der Waals surface area contributed by atoms with Crippen molar-refractivity contribution in [2.75, 3.05) is 11.9 Å². The van der Waals surface area contributed by atoms with Gasteiger partial charge in [-0.25, -0.2) is 8.78 Å². The number of hydrogen-bond donors (Lipinski definition) is 0. The Balaban J connectivity index is 1.98. The van der Waals surface area contributed by atoms with Crippen LogP contribution in [-0.4, -0.2) is 26.9 Å². The molecule has 25 heavy (non-hydrogen) atoms. The van der Waals surface area contributed by atoms with Crippen molar-refractivity contribution in [3.8, 4) is 0 Å². The third-order valence-electron chi connectivity index (χ3n) is 3.87. The summed E-state index contributed by atoms with van der Waals surface area (Å²) in [6.45, 7) is 1.69. The van der Waals surface area contributed by atoms with E-state index in [1.54, 1.807) is 14.0 Å². The molecule has 0 aliphatic carbocycles. The molecule has 0 aliphatic heterocycles. The first-order chi connectivity index (χ1) is 11.7. The minimum absolute atomic E-state index is 0.0510. The summed E-state index contributed by atoms with van der Waals surface area (Å²) in [5, 5.41) is 10.5. The smallest absolute Gasteiger partial charge is 0.351 e. The van der Waals surface area contributed by atoms with Gasteiger partial charge in [-0.15, -0.1) is 15.3 Å². The van der Waals surface area contributed by atoms with E-state index in [0.717, 1.165) is 12.1 Å². The lowest BCUT2D eigenvalue weighted by Gasteiger charge is -2.26. The van der Waals surface area contributed by atoms with Crippen molar-refractivity contribution in [3.63, 3.8) is 0 Å². The number of fused-ring (bicyclic) bond motifs is 1. The molecule has 0 amide bonds. The predicted octanol–water partition coefficient (Wildman–Crippen LogP) is 3.62. The van der Waals surface area contributed by atoms with Crippen LogP contribution in [-0.2, 0) is 6.18 Å². The average molecular weight is 357 g/mol. The molecule has 1 atom stereocenters. The molecule has 1 unspecified atom stereocenters. The normalized spacial score (nSPS) is 13.2. The summed E-state index contributed by atoms with van der Waals surface area (Å²) in [6.07, 6.45) is -4.70. The molecule has 5 nitrogen and oxygen atoms in total. The number of benzene rings is 1. The quantitative estimate of drug-likeness (QED) is 0.672. The van der Waals surface area contributed by atoms with Crippen LogP contribution in [0, 0.1) is 11.6 Å². The van der Waals surface area contributed by atoms with Crippen LogP contribution in [0.4, 0.5) is 27.8 Å². The maximum Gasteiger partial charge on any atom is 0.453 e. The molecule has 0 saturated carbocycles. The zero-order valence-corrected chi connectivity index (χ0v) is 13.1. The van der Waals surface area contributed by atoms with Gasteiger partial charge in [0.25, 0.3) is 5.82 Å². The summed E-state index contributed by atoms with van der Waals surface area (Å²) in [4.78, 5) is 1.53. The monoisotopic (exact) mass is 357 g/mol. The molecule has 3 rings (SSSR count). The van der Waals surface area contributed by atoms with Gasteiger partial charge in [-0.05, 0) is 36.8 Å². The Kier molecular flexibility index (Phi) is 4.05. The van der Waals surface area contributed by atoms with Crippen molar-refractivity contribution in [1.82, 2.24) is 19.8 Å². The van der Waals surface area contributed by atoms with Crippen molar-refractivity contribution in [2.45, 2.75) is 19.1 Å². The number of hydrogen-bond acceptors (Lipinski definition) is 4. The lowest BCUT2D eigenvalue weighted by molar-refractivity contribution is -0.146. The fraction of sp³-hybridized carbons (Fsp3) is 0.267. The summed E-state index contributed by atoms with van der Waals surface area (Å²) in [6, 6.07) is 5.78. The number of rotatable bonds is 3. The Morgan fingerprint density at radius 2 is 1.76 bits per heavy atom. The molecule has 132 valence electrons. The zero-order valence-electron chi connectivity index (χ0n) is 13.1. The maximum absolute atomic E-state index is 13.4. The minimum Gasteiger partial charge on any atom is -0.351 e. The topological polar surface area (TPSA) is 46.3 Å². The van der Waals surface area contributed by atoms with Crippen LogP contribution in [0.25, 0.3) is 5.65 Å². The van der Waals surface area contributed by atoms with Gasteiger partial charge in [0.1, 0.15) is 5.82 Å². The summed E-state index contributed by atoms with van der Waals surface area (Å²) in [7, 11) is 1.58. The molecule has 2 aromatic heterocycles. The third-order valence-corrected chi connectivity index (χ3v) is 3.87. The van der Waals surface area contributed by atoms with Gasteiger partial charge in [-0.3, -0.25) is 0 Å². The van der Waals surface area contributed by atoms with Crippen LogP contribution in [0.5, 0.6) is 0 Å². The molecule has 0 aliphatic rings. The summed E-state index contributed by atoms with van der Waals surface area (Å²) >= 11 is 0. The summed E-state index contributed by atoms with van der Waals surface area (Å²) < 4.78 is 65.9. The highest BCUT2D eigenvalue weighted by Gasteiger charge is 2.37. The third kappa shape index (κ3) is 3.11. The second-order valence-corrected chi connectivity index (χ2v) is 5.44. The Bertz CT molecular complexity index is 920. The first-order valence-electron chi connectivity index (χ1n) is 7.16. The molecule has 0 radical (unpaired) electrons. The highest BCUT2D eigenvalue weighted by atomic mass is 19.4. The van der Waals surface area contributed by atoms with Gasteiger partial charge in [-0.2, -0.15) is 17.7 Å². The summed E-state index contributed by atoms with van der Waals surface area (Å²) in [5.41, 5.74) is 0.396. The van der Waals surface area contributed by atoms with Gasteiger partial charge >= 0.3 is 6.18 Å². The number of halogens is 5. The number of nitrogens with zero attached hydrogens (tertiary/aromatic N) is 5. The SMILES string of the molecule is CC(c1ccc(F)c(F)c1)N(C)c1ccc2nnc(C(F)(F)F)n2n1. The second-order valence-electron chi connectivity index (χ2n) is 5.44. The maximum atomic E-state index is 13.4. The van der Waals surface area contributed by atoms with Gasteiger partial charge in [0.15, 0.2) is 17.3 Å². The molecular formula is C15H12F5N5. The lowest BCUT2D eigenvalue weighted by Crippen LogP contribution is -2.24. The van der Waals surface area contributed by atoms with E-state index in [1.165, 1.54) is 23.1 Å². The fourth-order valence-corrected chi connectivity index (χ4v) is 2.34. The van der Waals surface area contributed by atoms with E-state index in [2.05, 4.69) is 15.3 Å². The van der Waals surface area contributed by atoms with Crippen LogP contribution < -0.4 is 4.90 Å². The lowest BCUT2D eigenvalue weighted by atomic mass is 10.1. The average Bonchev–Trinajstić information content (AvgIpc) is 2.99. The molecule has 3 aromatic rings. The van der Waals surface area contributed by atoms with Crippen LogP contribution in [0.1, 0.15) is 24.4 Å². The van der Waals surface area contributed by atoms with Gasteiger partial charge in [0.05, 0.1) is 6.04 Å². The number of anilines is 1. The zero-order chi connectivity index (χ0) is 18.4. The van der Waals surface area contributed by atoms with Gasteiger partial charge < -0.3 is 4.90 Å². The van der Waals surface area contributed by atoms with E-state index in [-0.39, 0.29) is 11.5 Å². The highest BCUT2D eigenvalue weighted by molar-refractivity contribution is 5.47. The van der Waals surface area contributed by atoms with Gasteiger partial charge in [-0.1, -0.05) is 6.07 Å². The van der Waals surface area contributed by atoms with E-state index in [4.69, 9.17) is 0 Å². The van der Waals surface area contributed by atoms with E-state index in [9.17, 15) is 22.0 Å². The molecule has 0 N–H and O–H groups in total. The van der Waals surface area contributed by atoms with E-state index < -0.39 is 29.7 Å². The highest BCUT2D eigenvalue weighted by Crippen LogP contribution is 2.29. The van der Waals surface area contributed by atoms with Crippen LogP contribution in [0.15, 0.2) is 30.3 Å². The first-order valence-corrected chi connectivity index (χ1v) is 7.16.